The predicted molar refractivity (Wildman–Crippen MR) is 82.3 cm³/mol. The van der Waals surface area contributed by atoms with Crippen molar-refractivity contribution in [3.05, 3.63) is 63.1 Å². The van der Waals surface area contributed by atoms with Crippen LogP contribution in [-0.4, -0.2) is 0 Å². The maximum atomic E-state index is 6.07. The molecule has 0 aliphatic heterocycles. The van der Waals surface area contributed by atoms with Crippen LogP contribution in [-0.2, 0) is 13.0 Å². The van der Waals surface area contributed by atoms with Crippen molar-refractivity contribution in [2.24, 2.45) is 0 Å². The highest BCUT2D eigenvalue weighted by molar-refractivity contribution is 9.10. The van der Waals surface area contributed by atoms with E-state index in [1.165, 1.54) is 11.1 Å². The molecule has 1 nitrogen and oxygen atoms in total. The van der Waals surface area contributed by atoms with Gasteiger partial charge >= 0.3 is 0 Å². The van der Waals surface area contributed by atoms with Gasteiger partial charge in [0, 0.05) is 6.54 Å². The lowest BCUT2D eigenvalue weighted by Gasteiger charge is -2.12. The van der Waals surface area contributed by atoms with Gasteiger partial charge in [0.25, 0.3) is 0 Å². The molecule has 0 atom stereocenters. The molecule has 0 saturated carbocycles. The normalized spacial score (nSPS) is 10.4. The molecule has 3 heteroatoms. The molecule has 2 aromatic rings. The summed E-state index contributed by atoms with van der Waals surface area (Å²) in [6, 6.07) is 14.3. The largest absolute Gasteiger partial charge is 0.380 e. The highest BCUT2D eigenvalue weighted by Crippen LogP contribution is 2.30. The maximum absolute atomic E-state index is 6.07. The lowest BCUT2D eigenvalue weighted by Crippen LogP contribution is -2.03. The number of halogens is 2. The number of hydrogen-bond acceptors (Lipinski definition) is 1. The Balaban J connectivity index is 2.14. The standard InChI is InChI=1S/C15H15BrClN/c1-2-11-6-3-4-7-12(11)10-18-14-9-5-8-13(17)15(14)16/h3-9,18H,2,10H2,1H3. The second-order valence-corrected chi connectivity index (χ2v) is 5.28. The van der Waals surface area contributed by atoms with Crippen LogP contribution < -0.4 is 5.32 Å². The third-order valence-corrected chi connectivity index (χ3v) is 4.32. The Hall–Kier alpha value is -0.990. The average Bonchev–Trinajstić information content (AvgIpc) is 2.41. The van der Waals surface area contributed by atoms with Crippen molar-refractivity contribution >= 4 is 33.2 Å². The smallest absolute Gasteiger partial charge is 0.0593 e. The van der Waals surface area contributed by atoms with E-state index in [0.29, 0.717) is 0 Å². The first-order valence-electron chi connectivity index (χ1n) is 5.97. The molecular weight excluding hydrogens is 310 g/mol. The molecular formula is C15H15BrClN. The third kappa shape index (κ3) is 3.06. The predicted octanol–water partition coefficient (Wildman–Crippen LogP) is 5.28. The van der Waals surface area contributed by atoms with Gasteiger partial charge in [-0.15, -0.1) is 0 Å². The summed E-state index contributed by atoms with van der Waals surface area (Å²) in [5.74, 6) is 0. The summed E-state index contributed by atoms with van der Waals surface area (Å²) < 4.78 is 0.917. The van der Waals surface area contributed by atoms with Gasteiger partial charge in [0.15, 0.2) is 0 Å². The molecule has 0 spiro atoms. The molecule has 0 fully saturated rings. The van der Waals surface area contributed by atoms with E-state index in [4.69, 9.17) is 11.6 Å². The van der Waals surface area contributed by atoms with Crippen LogP contribution >= 0.6 is 27.5 Å². The first-order chi connectivity index (χ1) is 8.72. The number of anilines is 1. The van der Waals surface area contributed by atoms with E-state index in [1.807, 2.05) is 18.2 Å². The van der Waals surface area contributed by atoms with Gasteiger partial charge in [-0.05, 0) is 45.6 Å². The van der Waals surface area contributed by atoms with E-state index >= 15 is 0 Å². The molecule has 0 bridgehead atoms. The number of aryl methyl sites for hydroxylation is 1. The number of hydrogen-bond donors (Lipinski definition) is 1. The van der Waals surface area contributed by atoms with E-state index in [2.05, 4.69) is 52.4 Å². The van der Waals surface area contributed by atoms with Crippen molar-refractivity contribution < 1.29 is 0 Å². The van der Waals surface area contributed by atoms with E-state index < -0.39 is 0 Å². The fourth-order valence-electron chi connectivity index (χ4n) is 1.91. The van der Waals surface area contributed by atoms with Gasteiger partial charge in [0.05, 0.1) is 15.2 Å². The molecule has 0 radical (unpaired) electrons. The summed E-state index contributed by atoms with van der Waals surface area (Å²) >= 11 is 9.56. The Kier molecular flexibility index (Phi) is 4.67. The lowest BCUT2D eigenvalue weighted by molar-refractivity contribution is 1.04. The van der Waals surface area contributed by atoms with Crippen LogP contribution in [0.2, 0.25) is 5.02 Å². The third-order valence-electron chi connectivity index (χ3n) is 2.92. The molecule has 0 aliphatic rings. The van der Waals surface area contributed by atoms with Gasteiger partial charge in [-0.3, -0.25) is 0 Å². The van der Waals surface area contributed by atoms with Crippen LogP contribution in [0.1, 0.15) is 18.1 Å². The van der Waals surface area contributed by atoms with Gasteiger partial charge in [-0.25, -0.2) is 0 Å². The second-order valence-electron chi connectivity index (χ2n) is 4.08. The van der Waals surface area contributed by atoms with Crippen LogP contribution in [0.4, 0.5) is 5.69 Å². The second kappa shape index (κ2) is 6.26. The summed E-state index contributed by atoms with van der Waals surface area (Å²) in [6.07, 6.45) is 1.05. The fourth-order valence-corrected chi connectivity index (χ4v) is 2.48. The Labute approximate surface area is 121 Å². The Morgan fingerprint density at radius 2 is 1.78 bits per heavy atom. The molecule has 0 aromatic heterocycles. The minimum Gasteiger partial charge on any atom is -0.380 e. The van der Waals surface area contributed by atoms with E-state index in [9.17, 15) is 0 Å². The minimum absolute atomic E-state index is 0.726. The zero-order valence-electron chi connectivity index (χ0n) is 10.2. The Morgan fingerprint density at radius 1 is 1.06 bits per heavy atom. The monoisotopic (exact) mass is 323 g/mol. The Morgan fingerprint density at radius 3 is 2.50 bits per heavy atom. The number of rotatable bonds is 4. The maximum Gasteiger partial charge on any atom is 0.0593 e. The van der Waals surface area contributed by atoms with Gasteiger partial charge in [-0.2, -0.15) is 0 Å². The zero-order chi connectivity index (χ0) is 13.0. The fraction of sp³-hybridized carbons (Fsp3) is 0.200. The van der Waals surface area contributed by atoms with Crippen molar-refractivity contribution in [2.45, 2.75) is 19.9 Å². The SMILES string of the molecule is CCc1ccccc1CNc1cccc(Cl)c1Br. The van der Waals surface area contributed by atoms with Crippen LogP contribution in [0.25, 0.3) is 0 Å². The molecule has 0 unspecified atom stereocenters. The van der Waals surface area contributed by atoms with Gasteiger partial charge in [-0.1, -0.05) is 48.9 Å². The van der Waals surface area contributed by atoms with Crippen LogP contribution in [0.5, 0.6) is 0 Å². The lowest BCUT2D eigenvalue weighted by atomic mass is 10.1. The quantitative estimate of drug-likeness (QED) is 0.807. The molecule has 2 aromatic carbocycles. The van der Waals surface area contributed by atoms with Crippen LogP contribution in [0.15, 0.2) is 46.9 Å². The van der Waals surface area contributed by atoms with Crippen LogP contribution in [0, 0.1) is 0 Å². The van der Waals surface area contributed by atoms with E-state index in [1.54, 1.807) is 0 Å². The van der Waals surface area contributed by atoms with Crippen LogP contribution in [0.3, 0.4) is 0 Å². The molecule has 0 saturated heterocycles. The molecule has 1 N–H and O–H groups in total. The first-order valence-corrected chi connectivity index (χ1v) is 7.14. The molecule has 0 amide bonds. The molecule has 2 rings (SSSR count). The molecule has 94 valence electrons. The average molecular weight is 325 g/mol. The number of nitrogens with one attached hydrogen (secondary N) is 1. The Bertz CT molecular complexity index is 540. The van der Waals surface area contributed by atoms with Gasteiger partial charge in [0.2, 0.25) is 0 Å². The van der Waals surface area contributed by atoms with Crippen molar-refractivity contribution in [3.8, 4) is 0 Å². The van der Waals surface area contributed by atoms with Crippen molar-refractivity contribution in [1.29, 1.82) is 0 Å². The summed E-state index contributed by atoms with van der Waals surface area (Å²) in [5, 5.41) is 4.14. The molecule has 0 aliphatic carbocycles. The summed E-state index contributed by atoms with van der Waals surface area (Å²) in [6.45, 7) is 2.98. The highest BCUT2D eigenvalue weighted by atomic mass is 79.9. The number of benzene rings is 2. The summed E-state index contributed by atoms with van der Waals surface area (Å²) in [7, 11) is 0. The molecule has 0 heterocycles. The van der Waals surface area contributed by atoms with E-state index in [0.717, 1.165) is 28.1 Å². The summed E-state index contributed by atoms with van der Waals surface area (Å²) in [4.78, 5) is 0. The van der Waals surface area contributed by atoms with E-state index in [-0.39, 0.29) is 0 Å². The van der Waals surface area contributed by atoms with Gasteiger partial charge < -0.3 is 5.32 Å². The van der Waals surface area contributed by atoms with Crippen molar-refractivity contribution in [1.82, 2.24) is 0 Å². The summed E-state index contributed by atoms with van der Waals surface area (Å²) in [5.41, 5.74) is 3.73. The van der Waals surface area contributed by atoms with Gasteiger partial charge in [0.1, 0.15) is 0 Å². The highest BCUT2D eigenvalue weighted by Gasteiger charge is 2.04. The minimum atomic E-state index is 0.726. The zero-order valence-corrected chi connectivity index (χ0v) is 12.6. The first kappa shape index (κ1) is 13.4. The topological polar surface area (TPSA) is 12.0 Å². The van der Waals surface area contributed by atoms with Crippen molar-refractivity contribution in [2.75, 3.05) is 5.32 Å². The van der Waals surface area contributed by atoms with Crippen molar-refractivity contribution in [3.63, 3.8) is 0 Å². The molecule has 18 heavy (non-hydrogen) atoms.